The monoisotopic (exact) mass is 296 g/mol. The van der Waals surface area contributed by atoms with Crippen LogP contribution in [0.2, 0.25) is 0 Å². The van der Waals surface area contributed by atoms with Crippen LogP contribution in [0.1, 0.15) is 5.56 Å². The van der Waals surface area contributed by atoms with Gasteiger partial charge in [0.25, 0.3) is 0 Å². The molecule has 110 valence electrons. The molecule has 0 unspecified atom stereocenters. The standard InChI is InChI=1S/C17H13FN2O2/c1-19-14-6-2-12(3-7-14)17(10-22-11-17)16(21)20-15-8-4-13(18)5-9-15/h2-9H,10-11H2,(H,20,21). The first-order chi connectivity index (χ1) is 10.6. The zero-order chi connectivity index (χ0) is 15.6. The maximum atomic E-state index is 12.9. The Morgan fingerprint density at radius 2 is 1.77 bits per heavy atom. The zero-order valence-corrected chi connectivity index (χ0v) is 11.7. The molecule has 0 aromatic heterocycles. The third-order valence-corrected chi connectivity index (χ3v) is 3.78. The smallest absolute Gasteiger partial charge is 0.239 e. The van der Waals surface area contributed by atoms with Gasteiger partial charge in [-0.25, -0.2) is 9.24 Å². The molecule has 4 nitrogen and oxygen atoms in total. The van der Waals surface area contributed by atoms with Crippen LogP contribution in [-0.2, 0) is 14.9 Å². The summed E-state index contributed by atoms with van der Waals surface area (Å²) in [7, 11) is 0. The molecule has 0 atom stereocenters. The second-order valence-electron chi connectivity index (χ2n) is 5.19. The Balaban J connectivity index is 1.84. The van der Waals surface area contributed by atoms with E-state index in [1.807, 2.05) is 0 Å². The van der Waals surface area contributed by atoms with Crippen LogP contribution in [0.15, 0.2) is 48.5 Å². The van der Waals surface area contributed by atoms with E-state index in [9.17, 15) is 9.18 Å². The van der Waals surface area contributed by atoms with Crippen LogP contribution in [0, 0.1) is 12.4 Å². The zero-order valence-electron chi connectivity index (χ0n) is 11.7. The molecule has 2 aromatic rings. The second kappa shape index (κ2) is 5.58. The molecule has 1 N–H and O–H groups in total. The lowest BCUT2D eigenvalue weighted by Crippen LogP contribution is -2.55. The van der Waals surface area contributed by atoms with Crippen LogP contribution in [0.4, 0.5) is 15.8 Å². The van der Waals surface area contributed by atoms with E-state index in [4.69, 9.17) is 11.3 Å². The Morgan fingerprint density at radius 1 is 1.14 bits per heavy atom. The van der Waals surface area contributed by atoms with Gasteiger partial charge in [0.2, 0.25) is 5.91 Å². The number of amides is 1. The Bertz CT molecular complexity index is 729. The number of carbonyl (C=O) groups is 1. The molecule has 1 heterocycles. The van der Waals surface area contributed by atoms with Gasteiger partial charge in [0.1, 0.15) is 11.2 Å². The van der Waals surface area contributed by atoms with Crippen molar-refractivity contribution in [3.05, 3.63) is 71.3 Å². The lowest BCUT2D eigenvalue weighted by molar-refractivity contribution is -0.139. The van der Waals surface area contributed by atoms with E-state index < -0.39 is 5.41 Å². The van der Waals surface area contributed by atoms with Crippen LogP contribution in [0.25, 0.3) is 4.85 Å². The highest BCUT2D eigenvalue weighted by Gasteiger charge is 2.47. The number of halogens is 1. The number of carbonyl (C=O) groups excluding carboxylic acids is 1. The van der Waals surface area contributed by atoms with Gasteiger partial charge in [0, 0.05) is 5.69 Å². The summed E-state index contributed by atoms with van der Waals surface area (Å²) in [6.07, 6.45) is 0. The Kier molecular flexibility index (Phi) is 3.61. The van der Waals surface area contributed by atoms with E-state index in [1.165, 1.54) is 24.3 Å². The number of hydrogen-bond donors (Lipinski definition) is 1. The molecule has 0 radical (unpaired) electrons. The topological polar surface area (TPSA) is 42.7 Å². The Hall–Kier alpha value is -2.71. The van der Waals surface area contributed by atoms with E-state index in [-0.39, 0.29) is 24.9 Å². The van der Waals surface area contributed by atoms with Gasteiger partial charge in [-0.2, -0.15) is 0 Å². The first-order valence-corrected chi connectivity index (χ1v) is 6.77. The van der Waals surface area contributed by atoms with Crippen LogP contribution in [0.5, 0.6) is 0 Å². The highest BCUT2D eigenvalue weighted by atomic mass is 19.1. The largest absolute Gasteiger partial charge is 0.378 e. The van der Waals surface area contributed by atoms with Crippen molar-refractivity contribution in [3.8, 4) is 0 Å². The number of nitrogens with zero attached hydrogens (tertiary/aromatic N) is 1. The second-order valence-corrected chi connectivity index (χ2v) is 5.19. The van der Waals surface area contributed by atoms with Gasteiger partial charge in [-0.3, -0.25) is 4.79 Å². The Morgan fingerprint density at radius 3 is 2.27 bits per heavy atom. The van der Waals surface area contributed by atoms with Gasteiger partial charge >= 0.3 is 0 Å². The van der Waals surface area contributed by atoms with Crippen molar-refractivity contribution >= 4 is 17.3 Å². The molecule has 5 heteroatoms. The summed E-state index contributed by atoms with van der Waals surface area (Å²) in [5.41, 5.74) is 1.12. The van der Waals surface area contributed by atoms with Crippen molar-refractivity contribution in [3.63, 3.8) is 0 Å². The molecule has 1 aliphatic heterocycles. The van der Waals surface area contributed by atoms with Gasteiger partial charge in [-0.05, 0) is 29.8 Å². The SMILES string of the molecule is [C-]#[N+]c1ccc(C2(C(=O)Nc3ccc(F)cc3)COC2)cc1. The molecule has 1 fully saturated rings. The first kappa shape index (κ1) is 14.2. The van der Waals surface area contributed by atoms with Crippen LogP contribution in [0.3, 0.4) is 0 Å². The van der Waals surface area contributed by atoms with Gasteiger partial charge in [-0.15, -0.1) is 0 Å². The summed E-state index contributed by atoms with van der Waals surface area (Å²) in [6.45, 7) is 7.55. The predicted octanol–water partition coefficient (Wildman–Crippen LogP) is 3.28. The molecule has 1 saturated heterocycles. The number of nitrogens with one attached hydrogen (secondary N) is 1. The Labute approximate surface area is 127 Å². The van der Waals surface area contributed by atoms with Gasteiger partial charge in [0.05, 0.1) is 19.8 Å². The molecular formula is C17H13FN2O2. The lowest BCUT2D eigenvalue weighted by Gasteiger charge is -2.40. The van der Waals surface area contributed by atoms with Gasteiger partial charge in [-0.1, -0.05) is 24.3 Å². The molecule has 1 aliphatic rings. The minimum Gasteiger partial charge on any atom is -0.378 e. The van der Waals surface area contributed by atoms with E-state index in [2.05, 4.69) is 10.2 Å². The van der Waals surface area contributed by atoms with Crippen molar-refractivity contribution in [2.24, 2.45) is 0 Å². The average Bonchev–Trinajstić information content (AvgIpc) is 2.49. The van der Waals surface area contributed by atoms with Crippen molar-refractivity contribution in [2.45, 2.75) is 5.41 Å². The van der Waals surface area contributed by atoms with Crippen LogP contribution >= 0.6 is 0 Å². The van der Waals surface area contributed by atoms with Crippen LogP contribution in [-0.4, -0.2) is 19.1 Å². The van der Waals surface area contributed by atoms with Crippen molar-refractivity contribution in [1.29, 1.82) is 0 Å². The van der Waals surface area contributed by atoms with E-state index in [1.54, 1.807) is 24.3 Å². The third-order valence-electron chi connectivity index (χ3n) is 3.78. The maximum Gasteiger partial charge on any atom is 0.239 e. The summed E-state index contributed by atoms with van der Waals surface area (Å²) < 4.78 is 18.2. The maximum absolute atomic E-state index is 12.9. The number of anilines is 1. The fraction of sp³-hybridized carbons (Fsp3) is 0.176. The number of hydrogen-bond acceptors (Lipinski definition) is 2. The highest BCUT2D eigenvalue weighted by molar-refractivity contribution is 6.00. The fourth-order valence-electron chi connectivity index (χ4n) is 2.37. The lowest BCUT2D eigenvalue weighted by atomic mass is 9.77. The number of rotatable bonds is 3. The summed E-state index contributed by atoms with van der Waals surface area (Å²) in [6, 6.07) is 12.6. The molecule has 1 amide bonds. The predicted molar refractivity (Wildman–Crippen MR) is 80.2 cm³/mol. The fourth-order valence-corrected chi connectivity index (χ4v) is 2.37. The molecule has 2 aromatic carbocycles. The van der Waals surface area contributed by atoms with E-state index in [0.29, 0.717) is 11.4 Å². The minimum absolute atomic E-state index is 0.194. The van der Waals surface area contributed by atoms with Crippen molar-refractivity contribution in [2.75, 3.05) is 18.5 Å². The summed E-state index contributed by atoms with van der Waals surface area (Å²) in [5, 5.41) is 2.79. The van der Waals surface area contributed by atoms with Crippen molar-refractivity contribution < 1.29 is 13.9 Å². The van der Waals surface area contributed by atoms with Crippen LogP contribution < -0.4 is 5.32 Å². The average molecular weight is 296 g/mol. The van der Waals surface area contributed by atoms with E-state index in [0.717, 1.165) is 5.56 Å². The van der Waals surface area contributed by atoms with E-state index >= 15 is 0 Å². The van der Waals surface area contributed by atoms with Gasteiger partial charge in [0.15, 0.2) is 5.69 Å². The number of ether oxygens (including phenoxy) is 1. The minimum atomic E-state index is -0.755. The molecule has 0 spiro atoms. The quantitative estimate of drug-likeness (QED) is 0.883. The third kappa shape index (κ3) is 2.45. The normalized spacial score (nSPS) is 15.5. The molecule has 0 aliphatic carbocycles. The molecular weight excluding hydrogens is 283 g/mol. The summed E-state index contributed by atoms with van der Waals surface area (Å²) in [5.74, 6) is -0.546. The number of benzene rings is 2. The summed E-state index contributed by atoms with van der Waals surface area (Å²) >= 11 is 0. The summed E-state index contributed by atoms with van der Waals surface area (Å²) in [4.78, 5) is 16.0. The highest BCUT2D eigenvalue weighted by Crippen LogP contribution is 2.34. The first-order valence-electron chi connectivity index (χ1n) is 6.77. The molecule has 0 saturated carbocycles. The molecule has 22 heavy (non-hydrogen) atoms. The van der Waals surface area contributed by atoms with Gasteiger partial charge < -0.3 is 10.1 Å². The van der Waals surface area contributed by atoms with Crippen molar-refractivity contribution in [1.82, 2.24) is 0 Å². The molecule has 3 rings (SSSR count). The molecule has 0 bridgehead atoms.